The van der Waals surface area contributed by atoms with E-state index in [1.807, 2.05) is 18.2 Å². The molecule has 0 saturated carbocycles. The number of aliphatic carboxylic acids is 1. The summed E-state index contributed by atoms with van der Waals surface area (Å²) in [5.41, 5.74) is 6.72. The molecular weight excluding hydrogens is 293 g/mol. The van der Waals surface area contributed by atoms with Gasteiger partial charge in [0.2, 0.25) is 0 Å². The molecule has 1 aromatic carbocycles. The Morgan fingerprint density at radius 3 is 2.50 bits per heavy atom. The van der Waals surface area contributed by atoms with Crippen LogP contribution in [0.1, 0.15) is 17.3 Å². The number of halogens is 1. The van der Waals surface area contributed by atoms with Gasteiger partial charge in [-0.3, -0.25) is 0 Å². The largest absolute Gasteiger partial charge is 0.147 e. The molecule has 0 aromatic heterocycles. The second-order valence-electron chi connectivity index (χ2n) is 3.33. The van der Waals surface area contributed by atoms with Crippen LogP contribution in [0.3, 0.4) is 0 Å². The smallest absolute Gasteiger partial charge is 0.147 e. The van der Waals surface area contributed by atoms with E-state index in [0.717, 1.165) is 0 Å². The molecule has 0 aliphatic rings. The van der Waals surface area contributed by atoms with Crippen molar-refractivity contribution in [3.05, 3.63) is 35.9 Å². The van der Waals surface area contributed by atoms with Gasteiger partial charge in [-0.05, 0) is 0 Å². The maximum atomic E-state index is 10.5. The van der Waals surface area contributed by atoms with Gasteiger partial charge in [0, 0.05) is 0 Å². The monoisotopic (exact) mass is 309 g/mol. The summed E-state index contributed by atoms with van der Waals surface area (Å²) in [6.45, 7) is 2.11. The van der Waals surface area contributed by atoms with Crippen LogP contribution in [0.15, 0.2) is 30.3 Å². The molecule has 0 aliphatic carbocycles. The number of rotatable bonds is 5. The van der Waals surface area contributed by atoms with E-state index in [0.29, 0.717) is 10.1 Å². The van der Waals surface area contributed by atoms with E-state index in [1.165, 1.54) is 5.56 Å². The van der Waals surface area contributed by atoms with Gasteiger partial charge in [-0.1, -0.05) is 0 Å². The molecule has 0 heterocycles. The van der Waals surface area contributed by atoms with Gasteiger partial charge in [-0.2, -0.15) is 0 Å². The topological polar surface area (TPSA) is 63.3 Å². The Balaban J connectivity index is 0.00000225. The first-order chi connectivity index (χ1) is 7.11. The minimum atomic E-state index is -0.905. The molecule has 1 unspecified atom stereocenters. The minimum absolute atomic E-state index is 0. The first kappa shape index (κ1) is 15.5. The van der Waals surface area contributed by atoms with Gasteiger partial charge in [-0.15, -0.1) is 12.4 Å². The molecular formula is C11H16ClNO2Se. The Bertz CT molecular complexity index is 321. The zero-order valence-corrected chi connectivity index (χ0v) is 11.5. The Hall–Kier alpha value is -0.541. The summed E-state index contributed by atoms with van der Waals surface area (Å²) in [7, 11) is 0. The average Bonchev–Trinajstić information content (AvgIpc) is 2.26. The average molecular weight is 309 g/mol. The van der Waals surface area contributed by atoms with Crippen LogP contribution in [0.25, 0.3) is 0 Å². The van der Waals surface area contributed by atoms with Gasteiger partial charge in [0.05, 0.1) is 0 Å². The molecule has 0 saturated heterocycles. The number of carboxylic acids is 1. The summed E-state index contributed by atoms with van der Waals surface area (Å²) >= 11 is 0.235. The van der Waals surface area contributed by atoms with E-state index in [4.69, 9.17) is 10.8 Å². The molecule has 1 rings (SSSR count). The predicted molar refractivity (Wildman–Crippen MR) is 68.3 cm³/mol. The van der Waals surface area contributed by atoms with Crippen molar-refractivity contribution in [3.8, 4) is 0 Å². The second kappa shape index (κ2) is 7.69. The van der Waals surface area contributed by atoms with E-state index in [-0.39, 0.29) is 27.4 Å². The molecule has 0 spiro atoms. The Morgan fingerprint density at radius 2 is 2.00 bits per heavy atom. The van der Waals surface area contributed by atoms with Gasteiger partial charge in [-0.25, -0.2) is 0 Å². The Labute approximate surface area is 108 Å². The Kier molecular flexibility index (Phi) is 7.43. The van der Waals surface area contributed by atoms with Crippen molar-refractivity contribution in [1.82, 2.24) is 0 Å². The van der Waals surface area contributed by atoms with Crippen molar-refractivity contribution in [2.75, 3.05) is 0 Å². The van der Waals surface area contributed by atoms with Crippen molar-refractivity contribution in [3.63, 3.8) is 0 Å². The molecule has 3 N–H and O–H groups in total. The van der Waals surface area contributed by atoms with Gasteiger partial charge in [0.1, 0.15) is 0 Å². The first-order valence-electron chi connectivity index (χ1n) is 4.76. The molecule has 0 amide bonds. The summed E-state index contributed by atoms with van der Waals surface area (Å²) in [4.78, 5) is 11.0. The maximum absolute atomic E-state index is 10.5. The third-order valence-electron chi connectivity index (χ3n) is 2.11. The molecule has 0 radical (unpaired) electrons. The van der Waals surface area contributed by atoms with E-state index in [9.17, 15) is 4.79 Å². The Morgan fingerprint density at radius 1 is 1.44 bits per heavy atom. The van der Waals surface area contributed by atoms with E-state index >= 15 is 0 Å². The quantitative estimate of drug-likeness (QED) is 0.814. The fourth-order valence-corrected chi connectivity index (χ4v) is 3.21. The van der Waals surface area contributed by atoms with E-state index in [2.05, 4.69) is 19.1 Å². The predicted octanol–water partition coefficient (Wildman–Crippen LogP) is 1.70. The third-order valence-corrected chi connectivity index (χ3v) is 4.89. The van der Waals surface area contributed by atoms with Gasteiger partial charge >= 0.3 is 95.6 Å². The van der Waals surface area contributed by atoms with Crippen molar-refractivity contribution in [1.29, 1.82) is 0 Å². The summed E-state index contributed by atoms with van der Waals surface area (Å²) in [5, 5.41) is 9.23. The maximum Gasteiger partial charge on any atom is -0.147 e. The van der Waals surface area contributed by atoms with Crippen LogP contribution < -0.4 is 5.73 Å². The van der Waals surface area contributed by atoms with Crippen LogP contribution in [0.2, 0.25) is 5.32 Å². The standard InChI is InChI=1S/C11H15NO2Se.ClH/c1-8(9-5-3-2-4-6-9)15-7-10(12)11(13)14;/h2-6,8,10H,7,12H2,1H3,(H,13,14);1H/t8?,10-;/m0./s1. The number of benzene rings is 1. The summed E-state index contributed by atoms with van der Waals surface area (Å²) < 4.78 is 0. The fraction of sp³-hybridized carbons (Fsp3) is 0.364. The molecule has 5 heteroatoms. The third kappa shape index (κ3) is 4.99. The molecule has 16 heavy (non-hydrogen) atoms. The molecule has 3 nitrogen and oxygen atoms in total. The van der Waals surface area contributed by atoms with Gasteiger partial charge < -0.3 is 0 Å². The number of hydrogen-bond donors (Lipinski definition) is 2. The van der Waals surface area contributed by atoms with Crippen molar-refractivity contribution >= 4 is 33.3 Å². The van der Waals surface area contributed by atoms with Crippen molar-refractivity contribution in [2.45, 2.75) is 23.1 Å². The molecule has 0 aliphatic heterocycles. The van der Waals surface area contributed by atoms with Gasteiger partial charge in [0.25, 0.3) is 0 Å². The van der Waals surface area contributed by atoms with E-state index in [1.54, 1.807) is 0 Å². The summed E-state index contributed by atoms with van der Waals surface area (Å²) in [6.07, 6.45) is 0. The van der Waals surface area contributed by atoms with Gasteiger partial charge in [0.15, 0.2) is 0 Å². The second-order valence-corrected chi connectivity index (χ2v) is 6.21. The SMILES string of the molecule is CC([Se]C[C@H](N)C(=O)O)c1ccccc1.Cl. The number of hydrogen-bond acceptors (Lipinski definition) is 2. The molecule has 2 atom stereocenters. The fourth-order valence-electron chi connectivity index (χ4n) is 1.14. The van der Waals surface area contributed by atoms with Crippen LogP contribution in [-0.4, -0.2) is 32.1 Å². The first-order valence-corrected chi connectivity index (χ1v) is 6.96. The molecule has 0 bridgehead atoms. The van der Waals surface area contributed by atoms with Crippen molar-refractivity contribution < 1.29 is 9.90 Å². The normalized spacial score (nSPS) is 13.6. The minimum Gasteiger partial charge on any atom is -0.147 e. The van der Waals surface area contributed by atoms with Crippen molar-refractivity contribution in [2.24, 2.45) is 5.73 Å². The van der Waals surface area contributed by atoms with Crippen LogP contribution in [-0.2, 0) is 4.79 Å². The summed E-state index contributed by atoms with van der Waals surface area (Å²) in [5.74, 6) is -0.905. The number of carboxylic acid groups (broad SMARTS) is 1. The zero-order valence-electron chi connectivity index (χ0n) is 9.00. The summed E-state index contributed by atoms with van der Waals surface area (Å²) in [6, 6.07) is 9.40. The van der Waals surface area contributed by atoms with E-state index < -0.39 is 12.0 Å². The molecule has 90 valence electrons. The number of carbonyl (C=O) groups is 1. The van der Waals surface area contributed by atoms with Crippen LogP contribution in [0, 0.1) is 0 Å². The van der Waals surface area contributed by atoms with Crippen LogP contribution in [0.4, 0.5) is 0 Å². The van der Waals surface area contributed by atoms with Crippen LogP contribution >= 0.6 is 12.4 Å². The zero-order chi connectivity index (χ0) is 11.3. The van der Waals surface area contributed by atoms with Crippen LogP contribution in [0.5, 0.6) is 0 Å². The molecule has 1 aromatic rings. The molecule has 0 fully saturated rings. The number of nitrogens with two attached hydrogens (primary N) is 1.